The van der Waals surface area contributed by atoms with Crippen LogP contribution in [0.5, 0.6) is 0 Å². The third kappa shape index (κ3) is 4.75. The molecule has 4 nitrogen and oxygen atoms in total. The van der Waals surface area contributed by atoms with E-state index in [9.17, 15) is 21.0 Å². The lowest BCUT2D eigenvalue weighted by Gasteiger charge is -2.34. The van der Waals surface area contributed by atoms with E-state index in [1.165, 1.54) is 44.5 Å². The molecule has 46 heavy (non-hydrogen) atoms. The van der Waals surface area contributed by atoms with E-state index in [2.05, 4.69) is 100 Å². The van der Waals surface area contributed by atoms with Gasteiger partial charge in [0.1, 0.15) is 35.4 Å². The van der Waals surface area contributed by atoms with Gasteiger partial charge in [0.05, 0.1) is 0 Å². The zero-order valence-corrected chi connectivity index (χ0v) is 26.2. The van der Waals surface area contributed by atoms with Crippen LogP contribution in [0.25, 0.3) is 23.3 Å². The van der Waals surface area contributed by atoms with E-state index in [1.807, 2.05) is 48.5 Å². The van der Waals surface area contributed by atoms with E-state index >= 15 is 0 Å². The number of nitriles is 4. The molecule has 0 aliphatic heterocycles. The van der Waals surface area contributed by atoms with Gasteiger partial charge < -0.3 is 0 Å². The number of hydrogen-bond donors (Lipinski definition) is 0. The molecule has 0 aromatic heterocycles. The van der Waals surface area contributed by atoms with Crippen molar-refractivity contribution in [1.29, 1.82) is 21.0 Å². The Morgan fingerprint density at radius 1 is 0.478 bits per heavy atom. The van der Waals surface area contributed by atoms with Gasteiger partial charge in [0.2, 0.25) is 0 Å². The maximum absolute atomic E-state index is 9.27. The normalized spacial score (nSPS) is 15.0. The first kappa shape index (κ1) is 29.9. The Balaban J connectivity index is 1.66. The monoisotopic (exact) mass is 590 g/mol. The Labute approximate surface area is 270 Å². The average molecular weight is 591 g/mol. The van der Waals surface area contributed by atoms with Gasteiger partial charge in [-0.3, -0.25) is 0 Å². The molecule has 0 radical (unpaired) electrons. The molecule has 4 aromatic rings. The second kappa shape index (κ2) is 11.4. The summed E-state index contributed by atoms with van der Waals surface area (Å²) < 4.78 is 0. The maximum atomic E-state index is 9.27. The SMILES string of the molecule is CC1(C)C(C2=C(c3ccc(C=C(C#N)C#N)cc3)c3ccccc3C2(C)C)=C(c2ccc(C=C(C#N)C#N)cc2)c2ccccc21. The highest BCUT2D eigenvalue weighted by Crippen LogP contribution is 2.60. The summed E-state index contributed by atoms with van der Waals surface area (Å²) in [6.07, 6.45) is 3.22. The highest BCUT2D eigenvalue weighted by molar-refractivity contribution is 6.00. The molecule has 0 N–H and O–H groups in total. The van der Waals surface area contributed by atoms with E-state index in [4.69, 9.17) is 0 Å². The molecule has 0 bridgehead atoms. The van der Waals surface area contributed by atoms with Gasteiger partial charge in [-0.05, 0) is 79.0 Å². The number of nitrogens with zero attached hydrogens (tertiary/aromatic N) is 4. The second-order valence-corrected chi connectivity index (χ2v) is 12.6. The van der Waals surface area contributed by atoms with Crippen LogP contribution in [0.2, 0.25) is 0 Å². The summed E-state index contributed by atoms with van der Waals surface area (Å²) in [6.45, 7) is 9.22. The van der Waals surface area contributed by atoms with Crippen LogP contribution in [0.3, 0.4) is 0 Å². The number of fused-ring (bicyclic) bond motifs is 2. The molecule has 0 spiro atoms. The molecule has 2 aliphatic carbocycles. The molecule has 0 unspecified atom stereocenters. The van der Waals surface area contributed by atoms with Crippen molar-refractivity contribution < 1.29 is 0 Å². The highest BCUT2D eigenvalue weighted by Gasteiger charge is 2.48. The zero-order chi connectivity index (χ0) is 32.6. The van der Waals surface area contributed by atoms with Gasteiger partial charge in [-0.25, -0.2) is 0 Å². The molecule has 0 saturated carbocycles. The molecule has 4 aromatic carbocycles. The largest absolute Gasteiger partial charge is 0.192 e. The molecule has 0 fully saturated rings. The van der Waals surface area contributed by atoms with Crippen LogP contribution >= 0.6 is 0 Å². The molecule has 4 heteroatoms. The van der Waals surface area contributed by atoms with E-state index in [1.54, 1.807) is 12.2 Å². The molecule has 6 rings (SSSR count). The van der Waals surface area contributed by atoms with Crippen molar-refractivity contribution >= 4 is 23.3 Å². The molecular weight excluding hydrogens is 560 g/mol. The summed E-state index contributed by atoms with van der Waals surface area (Å²) in [4.78, 5) is 0. The Morgan fingerprint density at radius 3 is 1.13 bits per heavy atom. The van der Waals surface area contributed by atoms with Crippen molar-refractivity contribution in [2.24, 2.45) is 0 Å². The van der Waals surface area contributed by atoms with Crippen LogP contribution in [0.15, 0.2) is 119 Å². The molecular formula is C42H30N4. The van der Waals surface area contributed by atoms with Crippen molar-refractivity contribution in [1.82, 2.24) is 0 Å². The second-order valence-electron chi connectivity index (χ2n) is 12.6. The maximum Gasteiger partial charge on any atom is 0.130 e. The average Bonchev–Trinajstić information content (AvgIpc) is 3.45. The fourth-order valence-electron chi connectivity index (χ4n) is 7.14. The van der Waals surface area contributed by atoms with Crippen molar-refractivity contribution in [2.75, 3.05) is 0 Å². The van der Waals surface area contributed by atoms with Crippen LogP contribution in [0.4, 0.5) is 0 Å². The number of allylic oxidation sites excluding steroid dienone is 4. The van der Waals surface area contributed by atoms with Gasteiger partial charge in [-0.2, -0.15) is 21.0 Å². The van der Waals surface area contributed by atoms with Gasteiger partial charge in [0.15, 0.2) is 0 Å². The van der Waals surface area contributed by atoms with Gasteiger partial charge in [0, 0.05) is 10.8 Å². The molecule has 0 atom stereocenters. The Bertz CT molecular complexity index is 2010. The summed E-state index contributed by atoms with van der Waals surface area (Å²) in [5.74, 6) is 0. The molecule has 0 amide bonds. The minimum Gasteiger partial charge on any atom is -0.192 e. The summed E-state index contributed by atoms with van der Waals surface area (Å²) in [5.41, 5.74) is 13.0. The van der Waals surface area contributed by atoms with E-state index < -0.39 is 0 Å². The number of benzene rings is 4. The minimum atomic E-state index is -0.323. The van der Waals surface area contributed by atoms with Crippen molar-refractivity contribution in [3.8, 4) is 24.3 Å². The molecule has 2 aliphatic rings. The van der Waals surface area contributed by atoms with E-state index in [-0.39, 0.29) is 22.0 Å². The van der Waals surface area contributed by atoms with E-state index in [0.29, 0.717) is 0 Å². The Hall–Kier alpha value is -6.20. The van der Waals surface area contributed by atoms with Crippen LogP contribution in [-0.2, 0) is 10.8 Å². The topological polar surface area (TPSA) is 95.2 Å². The van der Waals surface area contributed by atoms with Crippen molar-refractivity contribution in [3.63, 3.8) is 0 Å². The predicted molar refractivity (Wildman–Crippen MR) is 182 cm³/mol. The first-order valence-corrected chi connectivity index (χ1v) is 15.1. The fraction of sp³-hybridized carbons (Fsp3) is 0.143. The van der Waals surface area contributed by atoms with E-state index in [0.717, 1.165) is 22.3 Å². The Morgan fingerprint density at radius 2 is 0.804 bits per heavy atom. The van der Waals surface area contributed by atoms with Crippen LogP contribution in [-0.4, -0.2) is 0 Å². The van der Waals surface area contributed by atoms with Gasteiger partial charge >= 0.3 is 0 Å². The summed E-state index contributed by atoms with van der Waals surface area (Å²) >= 11 is 0. The van der Waals surface area contributed by atoms with Gasteiger partial charge in [-0.1, -0.05) is 125 Å². The lowest BCUT2D eigenvalue weighted by atomic mass is 9.69. The summed E-state index contributed by atoms with van der Waals surface area (Å²) in [7, 11) is 0. The molecule has 0 saturated heterocycles. The van der Waals surface area contributed by atoms with Crippen LogP contribution < -0.4 is 0 Å². The minimum absolute atomic E-state index is 0.0678. The quantitative estimate of drug-likeness (QED) is 0.216. The lowest BCUT2D eigenvalue weighted by Crippen LogP contribution is -2.27. The lowest BCUT2D eigenvalue weighted by molar-refractivity contribution is 0.582. The zero-order valence-electron chi connectivity index (χ0n) is 26.2. The highest BCUT2D eigenvalue weighted by atomic mass is 14.5. The summed E-state index contributed by atoms with van der Waals surface area (Å²) in [6, 6.07) is 41.3. The van der Waals surface area contributed by atoms with Crippen molar-refractivity contribution in [3.05, 3.63) is 164 Å². The van der Waals surface area contributed by atoms with Crippen LogP contribution in [0, 0.1) is 45.3 Å². The third-order valence-electron chi connectivity index (χ3n) is 9.24. The fourth-order valence-corrected chi connectivity index (χ4v) is 7.14. The summed E-state index contributed by atoms with van der Waals surface area (Å²) in [5, 5.41) is 37.1. The predicted octanol–water partition coefficient (Wildman–Crippen LogP) is 9.43. The number of rotatable bonds is 5. The van der Waals surface area contributed by atoms with Crippen molar-refractivity contribution in [2.45, 2.75) is 38.5 Å². The first-order valence-electron chi connectivity index (χ1n) is 15.1. The first-order chi connectivity index (χ1) is 22.1. The molecule has 218 valence electrons. The number of hydrogen-bond acceptors (Lipinski definition) is 4. The standard InChI is InChI=1S/C42H30N4/c1-41(2)35-11-7-5-9-33(35)37(31-17-13-27(14-18-31)21-29(23-43)24-44)39(41)40-38(34-10-6-8-12-36(34)42(40,3)4)32-19-15-28(16-20-32)22-30(25-45)26-46/h5-22H,1-4H3. The molecule has 0 heterocycles. The Kier molecular flexibility index (Phi) is 7.38. The van der Waals surface area contributed by atoms with Gasteiger partial charge in [0.25, 0.3) is 0 Å². The van der Waals surface area contributed by atoms with Crippen LogP contribution in [0.1, 0.15) is 72.2 Å². The van der Waals surface area contributed by atoms with Gasteiger partial charge in [-0.15, -0.1) is 0 Å². The third-order valence-corrected chi connectivity index (χ3v) is 9.24. The smallest absolute Gasteiger partial charge is 0.130 e.